The number of aryl methyl sites for hydroxylation is 2. The lowest BCUT2D eigenvalue weighted by atomic mass is 10.0. The van der Waals surface area contributed by atoms with Gasteiger partial charge in [0.2, 0.25) is 5.95 Å². The molecule has 0 fully saturated rings. The summed E-state index contributed by atoms with van der Waals surface area (Å²) in [6.07, 6.45) is 5.94. The predicted octanol–water partition coefficient (Wildman–Crippen LogP) is 4.31. The zero-order chi connectivity index (χ0) is 18.2. The molecule has 0 saturated heterocycles. The number of benzene rings is 1. The van der Waals surface area contributed by atoms with Crippen LogP contribution in [0.3, 0.4) is 0 Å². The first kappa shape index (κ1) is 18.9. The Morgan fingerprint density at radius 3 is 2.20 bits per heavy atom. The van der Waals surface area contributed by atoms with Crippen LogP contribution in [-0.2, 0) is 12.8 Å². The fourth-order valence-electron chi connectivity index (χ4n) is 2.60. The molecule has 2 N–H and O–H groups in total. The van der Waals surface area contributed by atoms with Crippen molar-refractivity contribution in [2.75, 3.05) is 17.2 Å². The Bertz CT molecular complexity index is 673. The van der Waals surface area contributed by atoms with Crippen LogP contribution in [0.4, 0.5) is 11.6 Å². The van der Waals surface area contributed by atoms with Crippen LogP contribution >= 0.6 is 0 Å². The molecular formula is C20H28N4O. The SMILES string of the molecule is CCc1cccc(CC)c1NC(=O)c1cnc(NCCC(C)C)nc1. The van der Waals surface area contributed by atoms with Gasteiger partial charge in [0.1, 0.15) is 0 Å². The van der Waals surface area contributed by atoms with E-state index in [1.807, 2.05) is 18.2 Å². The molecule has 0 radical (unpaired) electrons. The number of nitrogens with zero attached hydrogens (tertiary/aromatic N) is 2. The minimum atomic E-state index is -0.177. The third kappa shape index (κ3) is 5.28. The summed E-state index contributed by atoms with van der Waals surface area (Å²) in [5.74, 6) is 1.01. The molecular weight excluding hydrogens is 312 g/mol. The van der Waals surface area contributed by atoms with Crippen molar-refractivity contribution in [3.8, 4) is 0 Å². The third-order valence-corrected chi connectivity index (χ3v) is 4.16. The summed E-state index contributed by atoms with van der Waals surface area (Å²) in [5, 5.41) is 6.21. The normalized spacial score (nSPS) is 10.8. The largest absolute Gasteiger partial charge is 0.354 e. The molecule has 2 rings (SSSR count). The van der Waals surface area contributed by atoms with Gasteiger partial charge in [-0.25, -0.2) is 9.97 Å². The first-order valence-corrected chi connectivity index (χ1v) is 9.03. The summed E-state index contributed by atoms with van der Waals surface area (Å²) < 4.78 is 0. The first-order valence-electron chi connectivity index (χ1n) is 9.03. The van der Waals surface area contributed by atoms with Crippen LogP contribution < -0.4 is 10.6 Å². The fourth-order valence-corrected chi connectivity index (χ4v) is 2.60. The zero-order valence-electron chi connectivity index (χ0n) is 15.6. The van der Waals surface area contributed by atoms with Crippen LogP contribution in [0.5, 0.6) is 0 Å². The number of anilines is 2. The number of nitrogens with one attached hydrogen (secondary N) is 2. The average molecular weight is 340 g/mol. The molecule has 5 heteroatoms. The molecule has 134 valence electrons. The topological polar surface area (TPSA) is 66.9 Å². The van der Waals surface area contributed by atoms with Crippen molar-refractivity contribution in [1.82, 2.24) is 9.97 Å². The Hall–Kier alpha value is -2.43. The summed E-state index contributed by atoms with van der Waals surface area (Å²) in [6, 6.07) is 6.13. The first-order chi connectivity index (χ1) is 12.0. The summed E-state index contributed by atoms with van der Waals surface area (Å²) in [6.45, 7) is 9.35. The molecule has 2 aromatic rings. The maximum absolute atomic E-state index is 12.6. The van der Waals surface area contributed by atoms with Gasteiger partial charge in [-0.05, 0) is 36.3 Å². The maximum Gasteiger partial charge on any atom is 0.258 e. The second-order valence-corrected chi connectivity index (χ2v) is 6.52. The third-order valence-electron chi connectivity index (χ3n) is 4.16. The molecule has 0 bridgehead atoms. The van der Waals surface area contributed by atoms with Crippen LogP contribution in [0.1, 0.15) is 55.6 Å². The van der Waals surface area contributed by atoms with E-state index in [2.05, 4.69) is 48.3 Å². The van der Waals surface area contributed by atoms with Crippen molar-refractivity contribution < 1.29 is 4.79 Å². The van der Waals surface area contributed by atoms with E-state index >= 15 is 0 Å². The molecule has 1 aromatic carbocycles. The molecule has 0 unspecified atom stereocenters. The summed E-state index contributed by atoms with van der Waals surface area (Å²) in [5.41, 5.74) is 3.65. The maximum atomic E-state index is 12.6. The van der Waals surface area contributed by atoms with Gasteiger partial charge in [-0.15, -0.1) is 0 Å². The fraction of sp³-hybridized carbons (Fsp3) is 0.450. The van der Waals surface area contributed by atoms with Gasteiger partial charge in [-0.3, -0.25) is 4.79 Å². The average Bonchev–Trinajstić information content (AvgIpc) is 2.62. The number of rotatable bonds is 8. The second kappa shape index (κ2) is 9.16. The van der Waals surface area contributed by atoms with Crippen LogP contribution in [0.25, 0.3) is 0 Å². The molecule has 0 aliphatic carbocycles. The van der Waals surface area contributed by atoms with Gasteiger partial charge in [0.05, 0.1) is 5.56 Å². The zero-order valence-corrected chi connectivity index (χ0v) is 15.6. The molecule has 1 aromatic heterocycles. The highest BCUT2D eigenvalue weighted by Gasteiger charge is 2.12. The molecule has 0 saturated carbocycles. The van der Waals surface area contributed by atoms with Gasteiger partial charge in [0.25, 0.3) is 5.91 Å². The molecule has 0 aliphatic heterocycles. The minimum Gasteiger partial charge on any atom is -0.354 e. The van der Waals surface area contributed by atoms with Crippen molar-refractivity contribution in [3.63, 3.8) is 0 Å². The van der Waals surface area contributed by atoms with Crippen molar-refractivity contribution in [2.45, 2.75) is 47.0 Å². The Kier molecular flexibility index (Phi) is 6.92. The smallest absolute Gasteiger partial charge is 0.258 e. The second-order valence-electron chi connectivity index (χ2n) is 6.52. The Morgan fingerprint density at radius 1 is 1.08 bits per heavy atom. The summed E-state index contributed by atoms with van der Waals surface area (Å²) in [4.78, 5) is 21.0. The van der Waals surface area contributed by atoms with Crippen LogP contribution in [0.15, 0.2) is 30.6 Å². The van der Waals surface area contributed by atoms with E-state index < -0.39 is 0 Å². The number of amides is 1. The van der Waals surface area contributed by atoms with Gasteiger partial charge in [-0.1, -0.05) is 45.9 Å². The van der Waals surface area contributed by atoms with Gasteiger partial charge in [0.15, 0.2) is 0 Å². The quantitative estimate of drug-likeness (QED) is 0.751. The van der Waals surface area contributed by atoms with E-state index in [1.165, 1.54) is 0 Å². The van der Waals surface area contributed by atoms with Gasteiger partial charge in [0, 0.05) is 24.6 Å². The molecule has 25 heavy (non-hydrogen) atoms. The Balaban J connectivity index is 2.06. The number of carbonyl (C=O) groups is 1. The van der Waals surface area contributed by atoms with Crippen LogP contribution in [0, 0.1) is 5.92 Å². The van der Waals surface area contributed by atoms with Gasteiger partial charge >= 0.3 is 0 Å². The lowest BCUT2D eigenvalue weighted by Crippen LogP contribution is -2.16. The van der Waals surface area contributed by atoms with Crippen molar-refractivity contribution in [3.05, 3.63) is 47.3 Å². The predicted molar refractivity (Wildman–Crippen MR) is 103 cm³/mol. The van der Waals surface area contributed by atoms with Crippen LogP contribution in [-0.4, -0.2) is 22.4 Å². The minimum absolute atomic E-state index is 0.177. The number of para-hydroxylation sites is 1. The van der Waals surface area contributed by atoms with E-state index in [9.17, 15) is 4.79 Å². The highest BCUT2D eigenvalue weighted by atomic mass is 16.1. The molecule has 0 aliphatic rings. The summed E-state index contributed by atoms with van der Waals surface area (Å²) >= 11 is 0. The lowest BCUT2D eigenvalue weighted by Gasteiger charge is -2.14. The Morgan fingerprint density at radius 2 is 1.68 bits per heavy atom. The molecule has 0 spiro atoms. The molecule has 1 amide bonds. The van der Waals surface area contributed by atoms with E-state index in [1.54, 1.807) is 12.4 Å². The number of hydrogen-bond donors (Lipinski definition) is 2. The number of hydrogen-bond acceptors (Lipinski definition) is 4. The lowest BCUT2D eigenvalue weighted by molar-refractivity contribution is 0.102. The van der Waals surface area contributed by atoms with Gasteiger partial charge in [-0.2, -0.15) is 0 Å². The highest BCUT2D eigenvalue weighted by molar-refractivity contribution is 6.04. The van der Waals surface area contributed by atoms with Crippen molar-refractivity contribution >= 4 is 17.5 Å². The van der Waals surface area contributed by atoms with Crippen LogP contribution in [0.2, 0.25) is 0 Å². The van der Waals surface area contributed by atoms with E-state index in [0.717, 1.165) is 42.6 Å². The number of aromatic nitrogens is 2. The molecule has 1 heterocycles. The molecule has 0 atom stereocenters. The molecule has 5 nitrogen and oxygen atoms in total. The monoisotopic (exact) mass is 340 g/mol. The van der Waals surface area contributed by atoms with E-state index in [-0.39, 0.29) is 5.91 Å². The van der Waals surface area contributed by atoms with Crippen molar-refractivity contribution in [1.29, 1.82) is 0 Å². The summed E-state index contributed by atoms with van der Waals surface area (Å²) in [7, 11) is 0. The highest BCUT2D eigenvalue weighted by Crippen LogP contribution is 2.23. The van der Waals surface area contributed by atoms with Gasteiger partial charge < -0.3 is 10.6 Å². The van der Waals surface area contributed by atoms with E-state index in [0.29, 0.717) is 17.4 Å². The number of carbonyl (C=O) groups excluding carboxylic acids is 1. The Labute approximate surface area is 150 Å². The van der Waals surface area contributed by atoms with E-state index in [4.69, 9.17) is 0 Å². The van der Waals surface area contributed by atoms with Crippen molar-refractivity contribution in [2.24, 2.45) is 5.92 Å². The standard InChI is InChI=1S/C20H28N4O/c1-5-15-8-7-9-16(6-2)18(15)24-19(25)17-12-22-20(23-13-17)21-11-10-14(3)4/h7-9,12-14H,5-6,10-11H2,1-4H3,(H,24,25)(H,21,22,23).